The Morgan fingerprint density at radius 1 is 1.50 bits per heavy atom. The second kappa shape index (κ2) is 5.55. The summed E-state index contributed by atoms with van der Waals surface area (Å²) in [6, 6.07) is 7.83. The average Bonchev–Trinajstić information content (AvgIpc) is 2.82. The lowest BCUT2D eigenvalue weighted by atomic mass is 10.1. The first-order valence-electron chi connectivity index (χ1n) is 5.82. The normalized spacial score (nSPS) is 12.2. The molecule has 0 saturated heterocycles. The van der Waals surface area contributed by atoms with Crippen LogP contribution in [-0.2, 0) is 7.05 Å². The highest BCUT2D eigenvalue weighted by Gasteiger charge is 2.11. The smallest absolute Gasteiger partial charge is 0.120 e. The SMILES string of the molecule is COc1cccc(NC(CN)c2cnn(C)c2)c1. The van der Waals surface area contributed by atoms with Gasteiger partial charge in [-0.3, -0.25) is 4.68 Å². The standard InChI is InChI=1S/C13H18N4O/c1-17-9-10(8-15-17)13(7-14)16-11-4-3-5-12(6-11)18-2/h3-6,8-9,13,16H,7,14H2,1-2H3. The third-order valence-electron chi connectivity index (χ3n) is 2.77. The number of hydrogen-bond acceptors (Lipinski definition) is 4. The Morgan fingerprint density at radius 3 is 2.94 bits per heavy atom. The van der Waals surface area contributed by atoms with E-state index in [1.807, 2.05) is 43.7 Å². The first kappa shape index (κ1) is 12.4. The zero-order valence-electron chi connectivity index (χ0n) is 10.6. The van der Waals surface area contributed by atoms with Gasteiger partial charge in [0.15, 0.2) is 0 Å². The Morgan fingerprint density at radius 2 is 2.33 bits per heavy atom. The van der Waals surface area contributed by atoms with Gasteiger partial charge in [-0.2, -0.15) is 5.10 Å². The molecule has 0 aliphatic rings. The lowest BCUT2D eigenvalue weighted by Crippen LogP contribution is -2.20. The van der Waals surface area contributed by atoms with E-state index in [1.54, 1.807) is 11.8 Å². The average molecular weight is 246 g/mol. The number of nitrogens with zero attached hydrogens (tertiary/aromatic N) is 2. The van der Waals surface area contributed by atoms with E-state index >= 15 is 0 Å². The van der Waals surface area contributed by atoms with Crippen molar-refractivity contribution in [3.63, 3.8) is 0 Å². The van der Waals surface area contributed by atoms with Crippen molar-refractivity contribution in [1.82, 2.24) is 9.78 Å². The van der Waals surface area contributed by atoms with E-state index in [0.29, 0.717) is 6.54 Å². The zero-order chi connectivity index (χ0) is 13.0. The van der Waals surface area contributed by atoms with Gasteiger partial charge in [0.1, 0.15) is 5.75 Å². The van der Waals surface area contributed by atoms with Crippen LogP contribution in [-0.4, -0.2) is 23.4 Å². The summed E-state index contributed by atoms with van der Waals surface area (Å²) in [7, 11) is 3.54. The molecule has 1 aromatic heterocycles. The molecule has 1 atom stereocenters. The van der Waals surface area contributed by atoms with Crippen LogP contribution < -0.4 is 15.8 Å². The van der Waals surface area contributed by atoms with Crippen molar-refractivity contribution in [2.75, 3.05) is 19.0 Å². The van der Waals surface area contributed by atoms with Gasteiger partial charge in [0.2, 0.25) is 0 Å². The predicted octanol–water partition coefficient (Wildman–Crippen LogP) is 1.54. The summed E-state index contributed by atoms with van der Waals surface area (Å²) in [5.74, 6) is 0.821. The molecule has 0 amide bonds. The third kappa shape index (κ3) is 2.81. The predicted molar refractivity (Wildman–Crippen MR) is 71.6 cm³/mol. The first-order chi connectivity index (χ1) is 8.72. The van der Waals surface area contributed by atoms with Crippen LogP contribution in [0.1, 0.15) is 11.6 Å². The molecule has 96 valence electrons. The van der Waals surface area contributed by atoms with Gasteiger partial charge in [-0.1, -0.05) is 6.07 Å². The molecule has 1 aromatic carbocycles. The number of ether oxygens (including phenoxy) is 1. The van der Waals surface area contributed by atoms with Crippen LogP contribution in [0.15, 0.2) is 36.7 Å². The molecule has 0 aliphatic heterocycles. The second-order valence-corrected chi connectivity index (χ2v) is 4.11. The number of benzene rings is 1. The van der Waals surface area contributed by atoms with E-state index in [4.69, 9.17) is 10.5 Å². The van der Waals surface area contributed by atoms with Crippen LogP contribution in [0.5, 0.6) is 5.75 Å². The lowest BCUT2D eigenvalue weighted by molar-refractivity contribution is 0.415. The molecule has 2 aromatic rings. The van der Waals surface area contributed by atoms with Gasteiger partial charge in [-0.05, 0) is 12.1 Å². The van der Waals surface area contributed by atoms with E-state index in [-0.39, 0.29) is 6.04 Å². The summed E-state index contributed by atoms with van der Waals surface area (Å²) in [5, 5.41) is 7.53. The Bertz CT molecular complexity index is 509. The molecule has 0 bridgehead atoms. The summed E-state index contributed by atoms with van der Waals surface area (Å²) in [6.45, 7) is 0.503. The molecular weight excluding hydrogens is 228 g/mol. The maximum atomic E-state index is 5.80. The molecule has 0 spiro atoms. The maximum absolute atomic E-state index is 5.80. The molecule has 18 heavy (non-hydrogen) atoms. The fraction of sp³-hybridized carbons (Fsp3) is 0.308. The number of nitrogens with two attached hydrogens (primary N) is 1. The van der Waals surface area contributed by atoms with Gasteiger partial charge >= 0.3 is 0 Å². The second-order valence-electron chi connectivity index (χ2n) is 4.11. The number of aromatic nitrogens is 2. The summed E-state index contributed by atoms with van der Waals surface area (Å²) in [6.07, 6.45) is 3.79. The molecule has 1 heterocycles. The highest BCUT2D eigenvalue weighted by molar-refractivity contribution is 5.49. The molecule has 3 N–H and O–H groups in total. The van der Waals surface area contributed by atoms with Gasteiger partial charge in [0.05, 0.1) is 19.3 Å². The number of rotatable bonds is 5. The molecule has 5 nitrogen and oxygen atoms in total. The van der Waals surface area contributed by atoms with Gasteiger partial charge < -0.3 is 15.8 Å². The summed E-state index contributed by atoms with van der Waals surface area (Å²) < 4.78 is 6.96. The number of hydrogen-bond donors (Lipinski definition) is 2. The summed E-state index contributed by atoms with van der Waals surface area (Å²) >= 11 is 0. The lowest BCUT2D eigenvalue weighted by Gasteiger charge is -2.17. The van der Waals surface area contributed by atoms with Crippen molar-refractivity contribution in [1.29, 1.82) is 0 Å². The first-order valence-corrected chi connectivity index (χ1v) is 5.82. The largest absolute Gasteiger partial charge is 0.497 e. The molecule has 0 saturated carbocycles. The van der Waals surface area contributed by atoms with Crippen LogP contribution >= 0.6 is 0 Å². The molecule has 1 unspecified atom stereocenters. The summed E-state index contributed by atoms with van der Waals surface area (Å²) in [5.41, 5.74) is 7.85. The fourth-order valence-corrected chi connectivity index (χ4v) is 1.81. The number of aryl methyl sites for hydroxylation is 1. The molecule has 2 rings (SSSR count). The van der Waals surface area contributed by atoms with Crippen LogP contribution in [0, 0.1) is 0 Å². The van der Waals surface area contributed by atoms with Crippen molar-refractivity contribution >= 4 is 5.69 Å². The molecule has 0 radical (unpaired) electrons. The number of anilines is 1. The molecule has 5 heteroatoms. The van der Waals surface area contributed by atoms with E-state index in [1.165, 1.54) is 0 Å². The van der Waals surface area contributed by atoms with Gasteiger partial charge in [-0.25, -0.2) is 0 Å². The van der Waals surface area contributed by atoms with Crippen molar-refractivity contribution in [2.45, 2.75) is 6.04 Å². The van der Waals surface area contributed by atoms with E-state index in [9.17, 15) is 0 Å². The minimum absolute atomic E-state index is 0.0470. The minimum Gasteiger partial charge on any atom is -0.497 e. The Kier molecular flexibility index (Phi) is 3.84. The van der Waals surface area contributed by atoms with Crippen LogP contribution in [0.3, 0.4) is 0 Å². The Labute approximate surface area is 107 Å². The van der Waals surface area contributed by atoms with Gasteiger partial charge in [0.25, 0.3) is 0 Å². The van der Waals surface area contributed by atoms with Crippen molar-refractivity contribution in [3.8, 4) is 5.75 Å². The maximum Gasteiger partial charge on any atom is 0.120 e. The topological polar surface area (TPSA) is 65.1 Å². The van der Waals surface area contributed by atoms with Crippen molar-refractivity contribution in [3.05, 3.63) is 42.2 Å². The Balaban J connectivity index is 2.14. The molecule has 0 fully saturated rings. The quantitative estimate of drug-likeness (QED) is 0.840. The van der Waals surface area contributed by atoms with Gasteiger partial charge in [0, 0.05) is 37.1 Å². The van der Waals surface area contributed by atoms with Crippen molar-refractivity contribution in [2.24, 2.45) is 12.8 Å². The zero-order valence-corrected chi connectivity index (χ0v) is 10.6. The fourth-order valence-electron chi connectivity index (χ4n) is 1.81. The van der Waals surface area contributed by atoms with Crippen molar-refractivity contribution < 1.29 is 4.74 Å². The molecular formula is C13H18N4O. The van der Waals surface area contributed by atoms with Crippen LogP contribution in [0.25, 0.3) is 0 Å². The summed E-state index contributed by atoms with van der Waals surface area (Å²) in [4.78, 5) is 0. The minimum atomic E-state index is 0.0470. The van der Waals surface area contributed by atoms with E-state index in [2.05, 4.69) is 10.4 Å². The van der Waals surface area contributed by atoms with E-state index < -0.39 is 0 Å². The van der Waals surface area contributed by atoms with E-state index in [0.717, 1.165) is 17.0 Å². The molecule has 0 aliphatic carbocycles. The van der Waals surface area contributed by atoms with Crippen LogP contribution in [0.4, 0.5) is 5.69 Å². The number of methoxy groups -OCH3 is 1. The highest BCUT2D eigenvalue weighted by atomic mass is 16.5. The highest BCUT2D eigenvalue weighted by Crippen LogP contribution is 2.22. The third-order valence-corrected chi connectivity index (χ3v) is 2.77. The van der Waals surface area contributed by atoms with Crippen LogP contribution in [0.2, 0.25) is 0 Å². The monoisotopic (exact) mass is 246 g/mol. The Hall–Kier alpha value is -2.01. The van der Waals surface area contributed by atoms with Gasteiger partial charge in [-0.15, -0.1) is 0 Å². The number of nitrogens with one attached hydrogen (secondary N) is 1.